The first-order chi connectivity index (χ1) is 23.9. The summed E-state index contributed by atoms with van der Waals surface area (Å²) in [4.78, 5) is 56.8. The number of allylic oxidation sites excluding steroid dienone is 1. The maximum atomic E-state index is 14.4. The van der Waals surface area contributed by atoms with E-state index in [4.69, 9.17) is 19.7 Å². The second-order valence-electron chi connectivity index (χ2n) is 14.2. The smallest absolute Gasteiger partial charge is 0.408 e. The zero-order chi connectivity index (χ0) is 35.6. The van der Waals surface area contributed by atoms with Gasteiger partial charge in [0, 0.05) is 36.2 Å². The minimum Gasteiger partial charge on any atom is -0.497 e. The number of carboxylic acids is 1. The van der Waals surface area contributed by atoms with Crippen LogP contribution in [0.4, 0.5) is 4.79 Å². The van der Waals surface area contributed by atoms with Gasteiger partial charge in [-0.15, -0.1) is 0 Å². The number of carbonyl (C=O) groups is 4. The predicted molar refractivity (Wildman–Crippen MR) is 181 cm³/mol. The van der Waals surface area contributed by atoms with E-state index in [-0.39, 0.29) is 25.3 Å². The molecule has 2 aromatic heterocycles. The van der Waals surface area contributed by atoms with Crippen molar-refractivity contribution in [3.63, 3.8) is 0 Å². The van der Waals surface area contributed by atoms with Crippen molar-refractivity contribution < 1.29 is 33.8 Å². The highest BCUT2D eigenvalue weighted by atomic mass is 16.6. The van der Waals surface area contributed by atoms with Gasteiger partial charge in [0.1, 0.15) is 40.4 Å². The monoisotopic (exact) mass is 688 g/mol. The molecule has 1 aliphatic carbocycles. The van der Waals surface area contributed by atoms with Crippen LogP contribution in [0.2, 0.25) is 0 Å². The number of carbonyl (C=O) groups excluding carboxylic acids is 3. The molecular formula is C35H44N8O7. The number of aromatic amines is 1. The number of nitrogens with one attached hydrogen (secondary N) is 3. The molecule has 1 saturated heterocycles. The Morgan fingerprint density at radius 2 is 1.80 bits per heavy atom. The number of ether oxygens (including phenoxy) is 2. The molecule has 15 nitrogen and oxygen atoms in total. The summed E-state index contributed by atoms with van der Waals surface area (Å²) in [5.74, 6) is -1.83. The molecule has 3 aromatic rings. The van der Waals surface area contributed by atoms with Crippen LogP contribution in [0.15, 0.2) is 48.8 Å². The molecule has 3 amide bonds. The fourth-order valence-electron chi connectivity index (χ4n) is 6.70. The van der Waals surface area contributed by atoms with Crippen LogP contribution in [0.3, 0.4) is 0 Å². The summed E-state index contributed by atoms with van der Waals surface area (Å²) < 4.78 is 10.8. The number of amides is 3. The zero-order valence-corrected chi connectivity index (χ0v) is 28.7. The van der Waals surface area contributed by atoms with Gasteiger partial charge in [-0.1, -0.05) is 25.0 Å². The number of hydrogen-bond acceptors (Lipinski definition) is 9. The molecule has 2 aliphatic heterocycles. The largest absolute Gasteiger partial charge is 0.497 e. The van der Waals surface area contributed by atoms with Crippen LogP contribution in [0.5, 0.6) is 5.75 Å². The van der Waals surface area contributed by atoms with E-state index in [1.807, 2.05) is 36.4 Å². The molecule has 0 bridgehead atoms. The number of aromatic nitrogens is 5. The minimum atomic E-state index is -1.45. The number of hydrogen-bond donors (Lipinski definition) is 4. The van der Waals surface area contributed by atoms with Gasteiger partial charge >= 0.3 is 12.1 Å². The van der Waals surface area contributed by atoms with Crippen LogP contribution in [-0.4, -0.2) is 96.0 Å². The molecule has 5 atom stereocenters. The molecular weight excluding hydrogens is 644 g/mol. The third-order valence-electron chi connectivity index (χ3n) is 9.42. The molecule has 1 saturated carbocycles. The molecule has 15 heteroatoms. The van der Waals surface area contributed by atoms with E-state index >= 15 is 0 Å². The molecule has 3 aliphatic rings. The summed E-state index contributed by atoms with van der Waals surface area (Å²) in [7, 11) is 1.59. The molecule has 50 heavy (non-hydrogen) atoms. The summed E-state index contributed by atoms with van der Waals surface area (Å²) in [5.41, 5.74) is 0.345. The molecule has 0 unspecified atom stereocenters. The Morgan fingerprint density at radius 3 is 2.46 bits per heavy atom. The van der Waals surface area contributed by atoms with Gasteiger partial charge in [0.2, 0.25) is 11.8 Å². The fraction of sp³-hybridized carbons (Fsp3) is 0.514. The second kappa shape index (κ2) is 14.0. The van der Waals surface area contributed by atoms with E-state index in [0.29, 0.717) is 35.5 Å². The van der Waals surface area contributed by atoms with Gasteiger partial charge in [-0.25, -0.2) is 9.59 Å². The Labute approximate surface area is 289 Å². The van der Waals surface area contributed by atoms with Gasteiger partial charge in [0.25, 0.3) is 0 Å². The van der Waals surface area contributed by atoms with E-state index in [9.17, 15) is 24.3 Å². The van der Waals surface area contributed by atoms with Crippen molar-refractivity contribution in [1.82, 2.24) is 40.7 Å². The number of benzene rings is 1. The van der Waals surface area contributed by atoms with Crippen molar-refractivity contribution in [1.29, 1.82) is 0 Å². The van der Waals surface area contributed by atoms with Crippen molar-refractivity contribution in [3.05, 3.63) is 48.8 Å². The highest BCUT2D eigenvalue weighted by Crippen LogP contribution is 2.45. The maximum absolute atomic E-state index is 14.4. The molecule has 0 spiro atoms. The lowest BCUT2D eigenvalue weighted by molar-refractivity contribution is -0.145. The van der Waals surface area contributed by atoms with Crippen molar-refractivity contribution >= 4 is 23.9 Å². The number of alkyl carbamates (subject to hydrolysis) is 1. The Hall–Kier alpha value is -5.21. The van der Waals surface area contributed by atoms with Crippen LogP contribution in [0.25, 0.3) is 22.5 Å². The van der Waals surface area contributed by atoms with Crippen molar-refractivity contribution in [2.24, 2.45) is 5.92 Å². The second-order valence-corrected chi connectivity index (χ2v) is 14.2. The van der Waals surface area contributed by atoms with Gasteiger partial charge < -0.3 is 30.1 Å². The topological polar surface area (TPSA) is 194 Å². The van der Waals surface area contributed by atoms with Crippen LogP contribution in [0, 0.1) is 5.92 Å². The molecule has 4 N–H and O–H groups in total. The lowest BCUT2D eigenvalue weighted by atomic mass is 10.0. The van der Waals surface area contributed by atoms with Gasteiger partial charge in [0.05, 0.1) is 19.3 Å². The summed E-state index contributed by atoms with van der Waals surface area (Å²) in [6.45, 7) is 5.27. The first-order valence-corrected chi connectivity index (χ1v) is 17.0. The number of rotatable bonds is 6. The highest BCUT2D eigenvalue weighted by molar-refractivity contribution is 5.96. The minimum absolute atomic E-state index is 0.0500. The van der Waals surface area contributed by atoms with E-state index < -0.39 is 53.1 Å². The normalized spacial score (nSPS) is 26.4. The summed E-state index contributed by atoms with van der Waals surface area (Å²) in [6.07, 6.45) is 10.2. The molecule has 6 rings (SSSR count). The standard InChI is InChI=1S/C35H44N8O7/c1-34(2,3)50-33(48)38-26-11-9-7-5-6-8-10-23-17-35(23,32(46)47)39-30(44)27-16-24(20-42(27)31(26)45)43-40-28(21-12-14-25(49-4)15-13-21)29(41-43)22-18-36-37-19-22/h8,10,12-15,18-19,23-24,26-27H,5-7,9,11,16-17,20H2,1-4H3,(H,36,37)(H,38,48)(H,39,44)(H,46,47)/b10-8-/t23-,24+,26-,27+,35+/m1/s1. The quantitative estimate of drug-likeness (QED) is 0.276. The van der Waals surface area contributed by atoms with Gasteiger partial charge in [-0.3, -0.25) is 14.7 Å². The SMILES string of the molecule is COc1ccc(-c2nn([C@H]3C[C@H]4C(=O)N[C@@]5(C(=O)O)C[C@H]5/C=C\CCCCC[C@@H](NC(=O)OC(C)(C)C)C(=O)N4C3)nc2-c2cn[nH]c2)cc1. The third kappa shape index (κ3) is 7.36. The Balaban J connectivity index is 1.35. The van der Waals surface area contributed by atoms with Crippen LogP contribution >= 0.6 is 0 Å². The fourth-order valence-corrected chi connectivity index (χ4v) is 6.70. The lowest BCUT2D eigenvalue weighted by Gasteiger charge is -2.30. The number of aliphatic carboxylic acids is 1. The van der Waals surface area contributed by atoms with Gasteiger partial charge in [-0.2, -0.15) is 20.1 Å². The van der Waals surface area contributed by atoms with Gasteiger partial charge in [0.15, 0.2) is 0 Å². The first kappa shape index (κ1) is 34.6. The highest BCUT2D eigenvalue weighted by Gasteiger charge is 2.61. The lowest BCUT2D eigenvalue weighted by Crippen LogP contribution is -2.56. The average molecular weight is 689 g/mol. The van der Waals surface area contributed by atoms with Crippen LogP contribution in [0.1, 0.15) is 71.8 Å². The molecule has 4 heterocycles. The molecule has 2 fully saturated rings. The zero-order valence-electron chi connectivity index (χ0n) is 28.7. The van der Waals surface area contributed by atoms with Gasteiger partial charge in [-0.05, 0) is 70.7 Å². The van der Waals surface area contributed by atoms with Crippen LogP contribution < -0.4 is 15.4 Å². The predicted octanol–water partition coefficient (Wildman–Crippen LogP) is 3.86. The summed E-state index contributed by atoms with van der Waals surface area (Å²) in [5, 5.41) is 32.3. The average Bonchev–Trinajstić information content (AvgIpc) is 3.52. The number of carboxylic acid groups (broad SMARTS) is 1. The first-order valence-electron chi connectivity index (χ1n) is 17.0. The van der Waals surface area contributed by atoms with Crippen molar-refractivity contribution in [2.45, 2.75) is 95.0 Å². The number of methoxy groups -OCH3 is 1. The number of nitrogens with zero attached hydrogens (tertiary/aromatic N) is 5. The summed E-state index contributed by atoms with van der Waals surface area (Å²) >= 11 is 0. The van der Waals surface area contributed by atoms with E-state index in [1.54, 1.807) is 40.3 Å². The van der Waals surface area contributed by atoms with Crippen molar-refractivity contribution in [2.75, 3.05) is 13.7 Å². The Bertz CT molecular complexity index is 1750. The molecule has 266 valence electrons. The maximum Gasteiger partial charge on any atom is 0.408 e. The third-order valence-corrected chi connectivity index (χ3v) is 9.42. The summed E-state index contributed by atoms with van der Waals surface area (Å²) in [6, 6.07) is 4.80. The van der Waals surface area contributed by atoms with E-state index in [1.165, 1.54) is 9.70 Å². The molecule has 1 aromatic carbocycles. The Kier molecular flexibility index (Phi) is 9.67. The molecule has 0 radical (unpaired) electrons. The number of H-pyrrole nitrogens is 1. The van der Waals surface area contributed by atoms with Crippen molar-refractivity contribution in [3.8, 4) is 28.3 Å². The van der Waals surface area contributed by atoms with E-state index in [0.717, 1.165) is 24.8 Å². The Morgan fingerprint density at radius 1 is 1.06 bits per heavy atom. The van der Waals surface area contributed by atoms with Crippen LogP contribution in [-0.2, 0) is 19.1 Å². The van der Waals surface area contributed by atoms with E-state index in [2.05, 4.69) is 20.8 Å². The number of fused-ring (bicyclic) bond motifs is 2.